The molecule has 1 heterocycles. The molecule has 118 valence electrons. The molecule has 7 nitrogen and oxygen atoms in total. The molecule has 0 aromatic rings. The monoisotopic (exact) mass is 308 g/mol. The van der Waals surface area contributed by atoms with Crippen LogP contribution in [0.25, 0.3) is 0 Å². The number of nitrogens with one attached hydrogen (secondary N) is 1. The minimum absolute atomic E-state index is 0.287. The Morgan fingerprint density at radius 3 is 2.30 bits per heavy atom. The molecule has 0 aliphatic carbocycles. The third kappa shape index (κ3) is 5.35. The van der Waals surface area contributed by atoms with Gasteiger partial charge in [-0.15, -0.1) is 0 Å². The number of carboxylic acid groups (broad SMARTS) is 1. The van der Waals surface area contributed by atoms with Crippen LogP contribution in [0.4, 0.5) is 0 Å². The van der Waals surface area contributed by atoms with Crippen LogP contribution in [0.5, 0.6) is 0 Å². The quantitative estimate of drug-likeness (QED) is 0.641. The van der Waals surface area contributed by atoms with Crippen molar-refractivity contribution in [3.05, 3.63) is 0 Å². The Bertz CT molecular complexity index is 439. The highest BCUT2D eigenvalue weighted by molar-refractivity contribution is 7.87. The molecule has 3 atom stereocenters. The number of carboxylic acids is 1. The zero-order chi connectivity index (χ0) is 15.6. The van der Waals surface area contributed by atoms with Crippen molar-refractivity contribution in [2.24, 2.45) is 11.8 Å². The van der Waals surface area contributed by atoms with Crippen LogP contribution in [0.15, 0.2) is 0 Å². The first-order chi connectivity index (χ1) is 9.02. The second-order valence-corrected chi connectivity index (χ2v) is 7.91. The van der Waals surface area contributed by atoms with E-state index in [1.807, 2.05) is 13.8 Å². The third-order valence-electron chi connectivity index (χ3n) is 3.34. The Morgan fingerprint density at radius 1 is 1.35 bits per heavy atom. The molecule has 0 spiro atoms. The number of carbonyl (C=O) groups is 1. The van der Waals surface area contributed by atoms with E-state index >= 15 is 0 Å². The van der Waals surface area contributed by atoms with Gasteiger partial charge in [-0.3, -0.25) is 4.79 Å². The average molecular weight is 308 g/mol. The van der Waals surface area contributed by atoms with Crippen LogP contribution in [0.1, 0.15) is 33.6 Å². The van der Waals surface area contributed by atoms with Gasteiger partial charge in [-0.05, 0) is 25.2 Å². The Morgan fingerprint density at radius 2 is 1.85 bits per heavy atom. The lowest BCUT2D eigenvalue weighted by Crippen LogP contribution is -2.51. The minimum Gasteiger partial charge on any atom is -0.481 e. The zero-order valence-electron chi connectivity index (χ0n) is 12.2. The van der Waals surface area contributed by atoms with Gasteiger partial charge in [-0.2, -0.15) is 17.4 Å². The first kappa shape index (κ1) is 17.4. The maximum absolute atomic E-state index is 12.2. The number of aliphatic carboxylic acids is 1. The molecule has 8 heteroatoms. The SMILES string of the molecule is CC1CC(C)CN(S(=O)(=O)NCC(C)(O)CC(=O)O)C1. The highest BCUT2D eigenvalue weighted by Gasteiger charge is 2.32. The standard InChI is InChI=1S/C12H24N2O5S/c1-9-4-10(2)7-14(6-9)20(18,19)13-8-12(3,17)5-11(15)16/h9-10,13,17H,4-8H2,1-3H3,(H,15,16). The average Bonchev–Trinajstić information content (AvgIpc) is 2.23. The van der Waals surface area contributed by atoms with Crippen molar-refractivity contribution in [2.45, 2.75) is 39.2 Å². The summed E-state index contributed by atoms with van der Waals surface area (Å²) in [7, 11) is -3.69. The van der Waals surface area contributed by atoms with Crippen molar-refractivity contribution in [1.82, 2.24) is 9.03 Å². The van der Waals surface area contributed by atoms with E-state index in [4.69, 9.17) is 5.11 Å². The molecule has 20 heavy (non-hydrogen) atoms. The van der Waals surface area contributed by atoms with Gasteiger partial charge in [0, 0.05) is 19.6 Å². The van der Waals surface area contributed by atoms with Gasteiger partial charge in [-0.25, -0.2) is 0 Å². The molecular formula is C12H24N2O5S. The van der Waals surface area contributed by atoms with Crippen LogP contribution >= 0.6 is 0 Å². The van der Waals surface area contributed by atoms with Gasteiger partial charge in [0.25, 0.3) is 10.2 Å². The summed E-state index contributed by atoms with van der Waals surface area (Å²) in [6.45, 7) is 5.87. The molecule has 0 amide bonds. The summed E-state index contributed by atoms with van der Waals surface area (Å²) >= 11 is 0. The largest absolute Gasteiger partial charge is 0.481 e. The summed E-state index contributed by atoms with van der Waals surface area (Å²) in [6, 6.07) is 0. The van der Waals surface area contributed by atoms with Gasteiger partial charge in [0.1, 0.15) is 0 Å². The fraction of sp³-hybridized carbons (Fsp3) is 0.917. The molecule has 3 unspecified atom stereocenters. The molecule has 1 fully saturated rings. The Balaban J connectivity index is 2.63. The van der Waals surface area contributed by atoms with E-state index in [0.717, 1.165) is 6.42 Å². The second-order valence-electron chi connectivity index (χ2n) is 6.16. The summed E-state index contributed by atoms with van der Waals surface area (Å²) < 4.78 is 28.0. The zero-order valence-corrected chi connectivity index (χ0v) is 13.0. The van der Waals surface area contributed by atoms with Crippen molar-refractivity contribution in [3.8, 4) is 0 Å². The smallest absolute Gasteiger partial charge is 0.306 e. The Labute approximate surface area is 120 Å². The molecule has 0 radical (unpaired) electrons. The van der Waals surface area contributed by atoms with Crippen molar-refractivity contribution >= 4 is 16.2 Å². The molecule has 1 aliphatic heterocycles. The first-order valence-electron chi connectivity index (χ1n) is 6.71. The number of aliphatic hydroxyl groups is 1. The van der Waals surface area contributed by atoms with Gasteiger partial charge in [0.05, 0.1) is 12.0 Å². The summed E-state index contributed by atoms with van der Waals surface area (Å²) in [5, 5.41) is 18.5. The molecule has 3 N–H and O–H groups in total. The summed E-state index contributed by atoms with van der Waals surface area (Å²) in [4.78, 5) is 10.6. The molecule has 0 aromatic heterocycles. The van der Waals surface area contributed by atoms with Crippen LogP contribution in [0.3, 0.4) is 0 Å². The van der Waals surface area contributed by atoms with Crippen LogP contribution in [-0.2, 0) is 15.0 Å². The van der Waals surface area contributed by atoms with Gasteiger partial charge < -0.3 is 10.2 Å². The number of rotatable bonds is 6. The van der Waals surface area contributed by atoms with Crippen LogP contribution in [0.2, 0.25) is 0 Å². The topological polar surface area (TPSA) is 107 Å². The van der Waals surface area contributed by atoms with E-state index in [2.05, 4.69) is 4.72 Å². The predicted octanol–water partition coefficient (Wildman–Crippen LogP) is 0.0244. The lowest BCUT2D eigenvalue weighted by molar-refractivity contribution is -0.141. The highest BCUT2D eigenvalue weighted by atomic mass is 32.2. The van der Waals surface area contributed by atoms with Crippen LogP contribution in [-0.4, -0.2) is 54.1 Å². The van der Waals surface area contributed by atoms with E-state index < -0.39 is 28.2 Å². The van der Waals surface area contributed by atoms with Crippen LogP contribution < -0.4 is 4.72 Å². The maximum atomic E-state index is 12.2. The normalized spacial score (nSPS) is 28.0. The second kappa shape index (κ2) is 6.38. The minimum atomic E-state index is -3.69. The molecule has 0 aromatic carbocycles. The molecule has 1 saturated heterocycles. The Hall–Kier alpha value is -0.700. The fourth-order valence-corrected chi connectivity index (χ4v) is 4.11. The molecule has 1 aliphatic rings. The van der Waals surface area contributed by atoms with Gasteiger partial charge >= 0.3 is 5.97 Å². The summed E-state index contributed by atoms with van der Waals surface area (Å²) in [6.07, 6.45) is 0.477. The number of hydrogen-bond acceptors (Lipinski definition) is 4. The fourth-order valence-electron chi connectivity index (χ4n) is 2.53. The van der Waals surface area contributed by atoms with Gasteiger partial charge in [0.2, 0.25) is 0 Å². The molecule has 1 rings (SSSR count). The highest BCUT2D eigenvalue weighted by Crippen LogP contribution is 2.22. The molecule has 0 saturated carbocycles. The molecular weight excluding hydrogens is 284 g/mol. The predicted molar refractivity (Wildman–Crippen MR) is 74.3 cm³/mol. The van der Waals surface area contributed by atoms with Crippen molar-refractivity contribution in [1.29, 1.82) is 0 Å². The van der Waals surface area contributed by atoms with Crippen molar-refractivity contribution in [2.75, 3.05) is 19.6 Å². The first-order valence-corrected chi connectivity index (χ1v) is 8.15. The lowest BCUT2D eigenvalue weighted by Gasteiger charge is -2.34. The summed E-state index contributed by atoms with van der Waals surface area (Å²) in [5.41, 5.74) is -1.61. The van der Waals surface area contributed by atoms with Gasteiger partial charge in [-0.1, -0.05) is 13.8 Å². The van der Waals surface area contributed by atoms with E-state index in [-0.39, 0.29) is 18.4 Å². The van der Waals surface area contributed by atoms with E-state index in [1.165, 1.54) is 11.2 Å². The van der Waals surface area contributed by atoms with Gasteiger partial charge in [0.15, 0.2) is 0 Å². The lowest BCUT2D eigenvalue weighted by atomic mass is 9.94. The van der Waals surface area contributed by atoms with E-state index in [9.17, 15) is 18.3 Å². The molecule has 0 bridgehead atoms. The number of hydrogen-bond donors (Lipinski definition) is 3. The third-order valence-corrected chi connectivity index (χ3v) is 4.83. The maximum Gasteiger partial charge on any atom is 0.306 e. The van der Waals surface area contributed by atoms with Crippen LogP contribution in [0, 0.1) is 11.8 Å². The van der Waals surface area contributed by atoms with Crippen molar-refractivity contribution < 1.29 is 23.4 Å². The van der Waals surface area contributed by atoms with E-state index in [1.54, 1.807) is 0 Å². The Kier molecular flexibility index (Phi) is 5.54. The summed E-state index contributed by atoms with van der Waals surface area (Å²) in [5.74, 6) is -0.598. The van der Waals surface area contributed by atoms with Crippen molar-refractivity contribution in [3.63, 3.8) is 0 Å². The number of piperidine rings is 1. The number of nitrogens with zero attached hydrogens (tertiary/aromatic N) is 1. The van der Waals surface area contributed by atoms with E-state index in [0.29, 0.717) is 13.1 Å².